The molecule has 0 radical (unpaired) electrons. The molecule has 1 atom stereocenters. The number of hydrogen-bond donors (Lipinski definition) is 0. The number of benzene rings is 1. The third-order valence-electron chi connectivity index (χ3n) is 3.39. The fraction of sp³-hybridized carbons (Fsp3) is 0.533. The average molecular weight is 374 g/mol. The molecule has 0 spiro atoms. The van der Waals surface area contributed by atoms with E-state index in [1.807, 2.05) is 6.92 Å². The Morgan fingerprint density at radius 3 is 2.54 bits per heavy atom. The summed E-state index contributed by atoms with van der Waals surface area (Å²) in [6.45, 7) is 2.25. The number of unbranched alkanes of at least 4 members (excludes halogenated alkanes) is 2. The number of aryl methyl sites for hydroxylation is 1. The summed E-state index contributed by atoms with van der Waals surface area (Å²) in [5.74, 6) is -0.315. The first kappa shape index (κ1) is 20.3. The van der Waals surface area contributed by atoms with Gasteiger partial charge in [0.15, 0.2) is 9.84 Å². The van der Waals surface area contributed by atoms with E-state index in [0.717, 1.165) is 12.0 Å². The second-order valence-electron chi connectivity index (χ2n) is 5.38. The molecule has 0 saturated carbocycles. The summed E-state index contributed by atoms with van der Waals surface area (Å²) in [7, 11) is -3.58. The number of hydrogen-bond acceptors (Lipinski definition) is 5. The molecule has 0 aliphatic heterocycles. The van der Waals surface area contributed by atoms with Crippen LogP contribution in [0.1, 0.15) is 31.2 Å². The van der Waals surface area contributed by atoms with E-state index in [1.54, 1.807) is 12.1 Å². The van der Waals surface area contributed by atoms with Crippen LogP contribution in [-0.4, -0.2) is 32.2 Å². The molecule has 0 aliphatic carbocycles. The van der Waals surface area contributed by atoms with Gasteiger partial charge >= 0.3 is 5.43 Å². The minimum atomic E-state index is -3.58. The molecule has 0 saturated heterocycles. The molecule has 0 N–H and O–H groups in total. The molecule has 0 bridgehead atoms. The molecule has 0 amide bonds. The van der Waals surface area contributed by atoms with Crippen molar-refractivity contribution >= 4 is 26.9 Å². The minimum absolute atomic E-state index is 0.187. The number of carbonyl (C=O) groups is 1. The van der Waals surface area contributed by atoms with Crippen molar-refractivity contribution in [2.45, 2.75) is 43.6 Å². The van der Waals surface area contributed by atoms with Crippen LogP contribution in [0.4, 0.5) is 4.79 Å². The highest BCUT2D eigenvalue weighted by atomic mass is 35.5. The fourth-order valence-electron chi connectivity index (χ4n) is 2.17. The molecular weight excluding hydrogens is 354 g/mol. The van der Waals surface area contributed by atoms with E-state index in [0.29, 0.717) is 25.8 Å². The zero-order valence-electron chi connectivity index (χ0n) is 13.4. The van der Waals surface area contributed by atoms with Crippen LogP contribution in [0.5, 0.6) is 0 Å². The van der Waals surface area contributed by atoms with Crippen LogP contribution < -0.4 is 0 Å². The number of rotatable bonds is 10. The van der Waals surface area contributed by atoms with Gasteiger partial charge in [0, 0.05) is 23.1 Å². The summed E-state index contributed by atoms with van der Waals surface area (Å²) in [4.78, 5) is 13.8. The Morgan fingerprint density at radius 1 is 1.29 bits per heavy atom. The van der Waals surface area contributed by atoms with E-state index < -0.39 is 21.4 Å². The molecule has 7 nitrogen and oxygen atoms in total. The van der Waals surface area contributed by atoms with Crippen LogP contribution in [0.2, 0.25) is 0 Å². The predicted molar refractivity (Wildman–Crippen MR) is 91.8 cm³/mol. The van der Waals surface area contributed by atoms with Crippen molar-refractivity contribution in [1.29, 1.82) is 0 Å². The van der Waals surface area contributed by atoms with Crippen molar-refractivity contribution in [1.82, 2.24) is 0 Å². The molecule has 1 aromatic carbocycles. The van der Waals surface area contributed by atoms with Gasteiger partial charge in [-0.3, -0.25) is 0 Å². The topological polar surface area (TPSA) is 109 Å². The van der Waals surface area contributed by atoms with E-state index in [4.69, 9.17) is 21.9 Å². The van der Waals surface area contributed by atoms with E-state index in [-0.39, 0.29) is 10.6 Å². The normalized spacial score (nSPS) is 12.2. The molecule has 0 aliphatic rings. The standard InChI is InChI=1S/C15H20ClN3O4S/c1-12-6-8-14(9-7-12)24(21,22)11-13(23-15(16)20)5-3-2-4-10-18-19-17/h6-9,13H,2-5,10-11H2,1H3. The third kappa shape index (κ3) is 7.68. The van der Waals surface area contributed by atoms with Crippen LogP contribution in [0, 0.1) is 6.92 Å². The zero-order valence-corrected chi connectivity index (χ0v) is 15.0. The number of carbonyl (C=O) groups excluding carboxylic acids is 1. The SMILES string of the molecule is Cc1ccc(S(=O)(=O)CC(CCCCCN=[N+]=[N-])OC(=O)Cl)cc1. The number of ether oxygens (including phenoxy) is 1. The number of azide groups is 1. The molecule has 0 aromatic heterocycles. The maximum atomic E-state index is 12.4. The summed E-state index contributed by atoms with van der Waals surface area (Å²) in [5.41, 5.74) is 8.12. The van der Waals surface area contributed by atoms with E-state index in [2.05, 4.69) is 10.0 Å². The Balaban J connectivity index is 2.65. The van der Waals surface area contributed by atoms with Crippen LogP contribution in [0.3, 0.4) is 0 Å². The first-order valence-electron chi connectivity index (χ1n) is 7.51. The van der Waals surface area contributed by atoms with Gasteiger partial charge in [-0.1, -0.05) is 29.2 Å². The quantitative estimate of drug-likeness (QED) is 0.199. The van der Waals surface area contributed by atoms with Gasteiger partial charge in [-0.15, -0.1) is 0 Å². The van der Waals surface area contributed by atoms with Crippen LogP contribution in [0.25, 0.3) is 10.4 Å². The second-order valence-corrected chi connectivity index (χ2v) is 7.72. The Kier molecular flexibility index (Phi) is 8.60. The summed E-state index contributed by atoms with van der Waals surface area (Å²) < 4.78 is 29.8. The lowest BCUT2D eigenvalue weighted by molar-refractivity contribution is 0.126. The second kappa shape index (κ2) is 10.2. The maximum absolute atomic E-state index is 12.4. The lowest BCUT2D eigenvalue weighted by Crippen LogP contribution is -2.25. The summed E-state index contributed by atoms with van der Waals surface area (Å²) in [6, 6.07) is 6.49. The van der Waals surface area contributed by atoms with E-state index >= 15 is 0 Å². The molecule has 9 heteroatoms. The zero-order chi connectivity index (χ0) is 18.0. The van der Waals surface area contributed by atoms with E-state index in [9.17, 15) is 13.2 Å². The molecule has 0 fully saturated rings. The average Bonchev–Trinajstić information content (AvgIpc) is 2.50. The number of sulfone groups is 1. The first-order chi connectivity index (χ1) is 11.3. The van der Waals surface area contributed by atoms with Gasteiger partial charge < -0.3 is 4.74 Å². The van der Waals surface area contributed by atoms with Crippen molar-refractivity contribution in [2.75, 3.05) is 12.3 Å². The Morgan fingerprint density at radius 2 is 1.96 bits per heavy atom. The van der Waals surface area contributed by atoms with Crippen LogP contribution in [-0.2, 0) is 14.6 Å². The monoisotopic (exact) mass is 373 g/mol. The van der Waals surface area contributed by atoms with Crippen LogP contribution in [0.15, 0.2) is 34.3 Å². The maximum Gasteiger partial charge on any atom is 0.404 e. The molecule has 132 valence electrons. The lowest BCUT2D eigenvalue weighted by Gasteiger charge is -2.16. The lowest BCUT2D eigenvalue weighted by atomic mass is 10.1. The van der Waals surface area contributed by atoms with Crippen molar-refractivity contribution in [3.63, 3.8) is 0 Å². The molecule has 24 heavy (non-hydrogen) atoms. The van der Waals surface area contributed by atoms with Crippen molar-refractivity contribution in [3.8, 4) is 0 Å². The smallest absolute Gasteiger partial charge is 0.404 e. The van der Waals surface area contributed by atoms with E-state index in [1.165, 1.54) is 12.1 Å². The Labute approximate surface area is 146 Å². The first-order valence-corrected chi connectivity index (χ1v) is 9.54. The predicted octanol–water partition coefficient (Wildman–Crippen LogP) is 4.38. The Hall–Kier alpha value is -1.76. The van der Waals surface area contributed by atoms with Gasteiger partial charge in [-0.2, -0.15) is 0 Å². The molecule has 1 aromatic rings. The highest BCUT2D eigenvalue weighted by Gasteiger charge is 2.23. The summed E-state index contributed by atoms with van der Waals surface area (Å²) in [6.07, 6.45) is 1.63. The molecular formula is C15H20ClN3O4S. The van der Waals surface area contributed by atoms with Gasteiger partial charge in [0.05, 0.1) is 10.6 Å². The number of halogens is 1. The molecule has 1 unspecified atom stereocenters. The molecule has 1 rings (SSSR count). The van der Waals surface area contributed by atoms with Gasteiger partial charge in [0.25, 0.3) is 0 Å². The largest absolute Gasteiger partial charge is 0.449 e. The van der Waals surface area contributed by atoms with Crippen LogP contribution >= 0.6 is 11.6 Å². The highest BCUT2D eigenvalue weighted by molar-refractivity contribution is 7.91. The minimum Gasteiger partial charge on any atom is -0.449 e. The van der Waals surface area contributed by atoms with Crippen molar-refractivity contribution in [3.05, 3.63) is 40.3 Å². The Bertz CT molecular complexity index is 685. The number of nitrogens with zero attached hydrogens (tertiary/aromatic N) is 3. The third-order valence-corrected chi connectivity index (χ3v) is 5.28. The fourth-order valence-corrected chi connectivity index (χ4v) is 3.76. The van der Waals surface area contributed by atoms with Gasteiger partial charge in [0.1, 0.15) is 6.10 Å². The van der Waals surface area contributed by atoms with Gasteiger partial charge in [-0.05, 0) is 43.9 Å². The summed E-state index contributed by atoms with van der Waals surface area (Å²) in [5, 5.41) is 3.42. The summed E-state index contributed by atoms with van der Waals surface area (Å²) >= 11 is 5.24. The van der Waals surface area contributed by atoms with Gasteiger partial charge in [0.2, 0.25) is 0 Å². The van der Waals surface area contributed by atoms with Gasteiger partial charge in [-0.25, -0.2) is 13.2 Å². The van der Waals surface area contributed by atoms with Crippen molar-refractivity contribution in [2.24, 2.45) is 5.11 Å². The molecule has 0 heterocycles. The highest BCUT2D eigenvalue weighted by Crippen LogP contribution is 2.18. The van der Waals surface area contributed by atoms with Crippen molar-refractivity contribution < 1.29 is 17.9 Å².